The van der Waals surface area contributed by atoms with Gasteiger partial charge in [0, 0.05) is 25.0 Å². The minimum Gasteiger partial charge on any atom is -0.495 e. The molecule has 0 bridgehead atoms. The monoisotopic (exact) mass is 430 g/mol. The Bertz CT molecular complexity index is 1090. The topological polar surface area (TPSA) is 83.6 Å². The molecular formula is C25H26N4O3. The van der Waals surface area contributed by atoms with E-state index in [1.54, 1.807) is 30.3 Å². The largest absolute Gasteiger partial charge is 0.495 e. The molecule has 2 aromatic carbocycles. The minimum absolute atomic E-state index is 0.0627. The molecule has 4 rings (SSSR count). The van der Waals surface area contributed by atoms with Gasteiger partial charge in [0.15, 0.2) is 0 Å². The van der Waals surface area contributed by atoms with Crippen molar-refractivity contribution in [2.45, 2.75) is 12.8 Å². The number of carbonyl (C=O) groups is 2. The summed E-state index contributed by atoms with van der Waals surface area (Å²) in [6.07, 6.45) is 3.16. The van der Waals surface area contributed by atoms with E-state index in [1.807, 2.05) is 54.6 Å². The van der Waals surface area contributed by atoms with Crippen LogP contribution >= 0.6 is 0 Å². The zero-order valence-corrected chi connectivity index (χ0v) is 18.0. The molecule has 1 saturated heterocycles. The summed E-state index contributed by atoms with van der Waals surface area (Å²) in [5, 5.41) is 6.17. The van der Waals surface area contributed by atoms with Gasteiger partial charge in [0.2, 0.25) is 5.91 Å². The second-order valence-corrected chi connectivity index (χ2v) is 7.67. The summed E-state index contributed by atoms with van der Waals surface area (Å²) in [7, 11) is 1.60. The van der Waals surface area contributed by atoms with Gasteiger partial charge in [-0.15, -0.1) is 0 Å². The smallest absolute Gasteiger partial charge is 0.257 e. The third-order valence-electron chi connectivity index (χ3n) is 5.52. The Morgan fingerprint density at radius 1 is 1.03 bits per heavy atom. The maximum absolute atomic E-state index is 13.4. The number of nitrogens with one attached hydrogen (secondary N) is 2. The number of pyridine rings is 1. The van der Waals surface area contributed by atoms with Gasteiger partial charge < -0.3 is 20.3 Å². The van der Waals surface area contributed by atoms with Crippen LogP contribution in [-0.4, -0.2) is 41.9 Å². The van der Waals surface area contributed by atoms with E-state index in [0.717, 1.165) is 24.2 Å². The van der Waals surface area contributed by atoms with Gasteiger partial charge in [-0.1, -0.05) is 30.3 Å². The maximum Gasteiger partial charge on any atom is 0.257 e. The zero-order valence-electron chi connectivity index (χ0n) is 18.0. The first kappa shape index (κ1) is 21.4. The summed E-state index contributed by atoms with van der Waals surface area (Å²) in [6, 6.07) is 20.3. The molecule has 1 unspecified atom stereocenters. The van der Waals surface area contributed by atoms with Gasteiger partial charge in [-0.3, -0.25) is 9.59 Å². The number of hydrogen-bond donors (Lipinski definition) is 2. The lowest BCUT2D eigenvalue weighted by atomic mass is 9.96. The van der Waals surface area contributed by atoms with Gasteiger partial charge >= 0.3 is 0 Å². The lowest BCUT2D eigenvalue weighted by molar-refractivity contribution is -0.121. The molecule has 1 aromatic heterocycles. The van der Waals surface area contributed by atoms with Gasteiger partial charge in [-0.25, -0.2) is 4.98 Å². The lowest BCUT2D eigenvalue weighted by Crippen LogP contribution is -2.44. The van der Waals surface area contributed by atoms with Crippen LogP contribution < -0.4 is 15.4 Å². The van der Waals surface area contributed by atoms with Crippen LogP contribution in [0.3, 0.4) is 0 Å². The summed E-state index contributed by atoms with van der Waals surface area (Å²) < 4.78 is 5.39. The van der Waals surface area contributed by atoms with Crippen molar-refractivity contribution in [3.63, 3.8) is 0 Å². The van der Waals surface area contributed by atoms with E-state index in [9.17, 15) is 9.59 Å². The van der Waals surface area contributed by atoms with Crippen molar-refractivity contribution in [2.24, 2.45) is 5.92 Å². The molecule has 1 fully saturated rings. The number of piperidine rings is 1. The lowest BCUT2D eigenvalue weighted by Gasteiger charge is -2.32. The normalized spacial score (nSPS) is 15.7. The van der Waals surface area contributed by atoms with Crippen LogP contribution in [0, 0.1) is 5.92 Å². The molecule has 0 saturated carbocycles. The molecule has 7 heteroatoms. The molecule has 7 nitrogen and oxygen atoms in total. The average molecular weight is 431 g/mol. The second-order valence-electron chi connectivity index (χ2n) is 7.67. The van der Waals surface area contributed by atoms with Crippen LogP contribution in [0.2, 0.25) is 0 Å². The molecule has 1 aliphatic heterocycles. The summed E-state index contributed by atoms with van der Waals surface area (Å²) in [5.41, 5.74) is 1.94. The predicted octanol–water partition coefficient (Wildman–Crippen LogP) is 4.32. The first-order valence-corrected chi connectivity index (χ1v) is 10.7. The molecule has 1 atom stereocenters. The van der Waals surface area contributed by atoms with Crippen LogP contribution in [0.25, 0.3) is 0 Å². The highest BCUT2D eigenvalue weighted by molar-refractivity contribution is 6.00. The Morgan fingerprint density at radius 2 is 1.81 bits per heavy atom. The van der Waals surface area contributed by atoms with Gasteiger partial charge in [-0.2, -0.15) is 0 Å². The SMILES string of the molecule is COc1ccccc1Nc1ncccc1C(=O)N1CCCC(C(=O)Nc2ccccc2)C1. The van der Waals surface area contributed by atoms with Crippen LogP contribution in [0.4, 0.5) is 17.2 Å². The van der Waals surface area contributed by atoms with Crippen molar-refractivity contribution >= 4 is 29.0 Å². The highest BCUT2D eigenvalue weighted by Gasteiger charge is 2.30. The van der Waals surface area contributed by atoms with Gasteiger partial charge in [0.05, 0.1) is 24.3 Å². The Morgan fingerprint density at radius 3 is 2.62 bits per heavy atom. The second kappa shape index (κ2) is 9.96. The fourth-order valence-electron chi connectivity index (χ4n) is 3.86. The van der Waals surface area contributed by atoms with Crippen molar-refractivity contribution in [2.75, 3.05) is 30.8 Å². The van der Waals surface area contributed by atoms with Crippen molar-refractivity contribution in [3.8, 4) is 5.75 Å². The van der Waals surface area contributed by atoms with E-state index in [1.165, 1.54) is 0 Å². The van der Waals surface area contributed by atoms with Gasteiger partial charge in [-0.05, 0) is 49.2 Å². The van der Waals surface area contributed by atoms with Gasteiger partial charge in [0.25, 0.3) is 5.91 Å². The molecular weight excluding hydrogens is 404 g/mol. The molecule has 0 radical (unpaired) electrons. The number of para-hydroxylation sites is 3. The number of rotatable bonds is 6. The Kier molecular flexibility index (Phi) is 6.65. The molecule has 0 aliphatic carbocycles. The molecule has 2 heterocycles. The third kappa shape index (κ3) is 4.88. The quantitative estimate of drug-likeness (QED) is 0.608. The minimum atomic E-state index is -0.254. The number of anilines is 3. The fourth-order valence-corrected chi connectivity index (χ4v) is 3.86. The standard InChI is InChI=1S/C25H26N4O3/c1-32-22-14-6-5-13-21(22)28-23-20(12-7-15-26-23)25(31)29-16-8-9-18(17-29)24(30)27-19-10-3-2-4-11-19/h2-7,10-15,18H,8-9,16-17H2,1H3,(H,26,28)(H,27,30). The summed E-state index contributed by atoms with van der Waals surface area (Å²) in [6.45, 7) is 0.984. The van der Waals surface area contributed by atoms with E-state index in [2.05, 4.69) is 15.6 Å². The summed E-state index contributed by atoms with van der Waals surface area (Å²) >= 11 is 0. The number of likely N-dealkylation sites (tertiary alicyclic amines) is 1. The average Bonchev–Trinajstić information content (AvgIpc) is 2.85. The summed E-state index contributed by atoms with van der Waals surface area (Å²) in [5.74, 6) is 0.653. The number of ether oxygens (including phenoxy) is 1. The third-order valence-corrected chi connectivity index (χ3v) is 5.52. The molecule has 1 aliphatic rings. The number of amides is 2. The van der Waals surface area contributed by atoms with Crippen molar-refractivity contribution in [3.05, 3.63) is 78.5 Å². The van der Waals surface area contributed by atoms with E-state index >= 15 is 0 Å². The highest BCUT2D eigenvalue weighted by atomic mass is 16.5. The molecule has 32 heavy (non-hydrogen) atoms. The number of carbonyl (C=O) groups excluding carboxylic acids is 2. The van der Waals surface area contributed by atoms with Crippen LogP contribution in [0.5, 0.6) is 5.75 Å². The Labute approximate surface area is 187 Å². The van der Waals surface area contributed by atoms with Crippen LogP contribution in [0.15, 0.2) is 72.9 Å². The molecule has 2 N–H and O–H groups in total. The molecule has 0 spiro atoms. The molecule has 164 valence electrons. The number of nitrogens with zero attached hydrogens (tertiary/aromatic N) is 2. The van der Waals surface area contributed by atoms with Crippen molar-refractivity contribution < 1.29 is 14.3 Å². The number of hydrogen-bond acceptors (Lipinski definition) is 5. The van der Waals surface area contributed by atoms with Crippen LogP contribution in [0.1, 0.15) is 23.2 Å². The molecule has 2 amide bonds. The highest BCUT2D eigenvalue weighted by Crippen LogP contribution is 2.29. The number of methoxy groups -OCH3 is 1. The first-order chi connectivity index (χ1) is 15.7. The van der Waals surface area contributed by atoms with E-state index < -0.39 is 0 Å². The Hall–Kier alpha value is -3.87. The predicted molar refractivity (Wildman–Crippen MR) is 124 cm³/mol. The number of benzene rings is 2. The van der Waals surface area contributed by atoms with E-state index in [4.69, 9.17) is 4.74 Å². The fraction of sp³-hybridized carbons (Fsp3) is 0.240. The number of aromatic nitrogens is 1. The van der Waals surface area contributed by atoms with Crippen LogP contribution in [-0.2, 0) is 4.79 Å². The van der Waals surface area contributed by atoms with Crippen molar-refractivity contribution in [1.82, 2.24) is 9.88 Å². The van der Waals surface area contributed by atoms with E-state index in [-0.39, 0.29) is 17.7 Å². The molecule has 3 aromatic rings. The van der Waals surface area contributed by atoms with E-state index in [0.29, 0.717) is 30.2 Å². The maximum atomic E-state index is 13.4. The zero-order chi connectivity index (χ0) is 22.3. The van der Waals surface area contributed by atoms with Gasteiger partial charge in [0.1, 0.15) is 11.6 Å². The van der Waals surface area contributed by atoms with Crippen molar-refractivity contribution in [1.29, 1.82) is 0 Å². The Balaban J connectivity index is 1.49. The first-order valence-electron chi connectivity index (χ1n) is 10.7. The summed E-state index contributed by atoms with van der Waals surface area (Å²) in [4.78, 5) is 32.3.